The highest BCUT2D eigenvalue weighted by Gasteiger charge is 2.20. The number of ether oxygens (including phenoxy) is 1. The molecule has 0 saturated heterocycles. The van der Waals surface area contributed by atoms with Crippen LogP contribution in [-0.2, 0) is 9.53 Å². The van der Waals surface area contributed by atoms with Crippen molar-refractivity contribution >= 4 is 28.3 Å². The van der Waals surface area contributed by atoms with E-state index in [0.29, 0.717) is 11.3 Å². The molecular formula is C22H21NO3. The van der Waals surface area contributed by atoms with Crippen molar-refractivity contribution in [1.29, 1.82) is 0 Å². The Labute approximate surface area is 152 Å². The average Bonchev–Trinajstić information content (AvgIpc) is 2.63. The molecule has 0 aliphatic carbocycles. The molecule has 0 aliphatic heterocycles. The third-order valence-electron chi connectivity index (χ3n) is 4.30. The average molecular weight is 347 g/mol. The van der Waals surface area contributed by atoms with Crippen molar-refractivity contribution in [3.8, 4) is 0 Å². The van der Waals surface area contributed by atoms with Gasteiger partial charge in [0.15, 0.2) is 6.10 Å². The Morgan fingerprint density at radius 2 is 1.69 bits per heavy atom. The molecule has 0 saturated carbocycles. The molecular weight excluding hydrogens is 326 g/mol. The minimum absolute atomic E-state index is 0.356. The Balaban J connectivity index is 1.73. The summed E-state index contributed by atoms with van der Waals surface area (Å²) in [7, 11) is 0. The molecule has 26 heavy (non-hydrogen) atoms. The maximum atomic E-state index is 12.5. The smallest absolute Gasteiger partial charge is 0.339 e. The van der Waals surface area contributed by atoms with Crippen molar-refractivity contribution in [3.63, 3.8) is 0 Å². The SMILES string of the molecule is Cc1ccc(NC(=O)[C@@H](C)OC(=O)c2cccc3ccccc23)c(C)c1. The summed E-state index contributed by atoms with van der Waals surface area (Å²) in [4.78, 5) is 24.9. The Kier molecular flexibility index (Phi) is 5.03. The molecule has 1 atom stereocenters. The van der Waals surface area contributed by atoms with E-state index >= 15 is 0 Å². The summed E-state index contributed by atoms with van der Waals surface area (Å²) in [6.07, 6.45) is -0.901. The molecule has 3 aromatic carbocycles. The van der Waals surface area contributed by atoms with E-state index < -0.39 is 12.1 Å². The first kappa shape index (κ1) is 17.7. The second kappa shape index (κ2) is 7.40. The number of anilines is 1. The summed E-state index contributed by atoms with van der Waals surface area (Å²) in [6.45, 7) is 5.49. The normalized spacial score (nSPS) is 11.8. The Bertz CT molecular complexity index is 973. The number of esters is 1. The van der Waals surface area contributed by atoms with Crippen molar-refractivity contribution in [3.05, 3.63) is 77.4 Å². The second-order valence-corrected chi connectivity index (χ2v) is 6.38. The molecule has 0 bridgehead atoms. The van der Waals surface area contributed by atoms with Crippen molar-refractivity contribution in [1.82, 2.24) is 0 Å². The molecule has 3 rings (SSSR count). The fourth-order valence-corrected chi connectivity index (χ4v) is 2.87. The number of hydrogen-bond donors (Lipinski definition) is 1. The first-order valence-electron chi connectivity index (χ1n) is 8.52. The fraction of sp³-hybridized carbons (Fsp3) is 0.182. The number of carbonyl (C=O) groups is 2. The predicted octanol–water partition coefficient (Wildman–Crippen LogP) is 4.64. The van der Waals surface area contributed by atoms with E-state index in [-0.39, 0.29) is 5.91 Å². The molecule has 0 aliphatic rings. The number of aryl methyl sites for hydroxylation is 2. The number of hydrogen-bond acceptors (Lipinski definition) is 3. The van der Waals surface area contributed by atoms with Crippen molar-refractivity contribution in [2.24, 2.45) is 0 Å². The first-order chi connectivity index (χ1) is 12.5. The lowest BCUT2D eigenvalue weighted by molar-refractivity contribution is -0.123. The van der Waals surface area contributed by atoms with Gasteiger partial charge >= 0.3 is 5.97 Å². The number of benzene rings is 3. The van der Waals surface area contributed by atoms with Gasteiger partial charge in [-0.05, 0) is 49.2 Å². The summed E-state index contributed by atoms with van der Waals surface area (Å²) in [6, 6.07) is 18.8. The van der Waals surface area contributed by atoms with Crippen LogP contribution in [0.25, 0.3) is 10.8 Å². The fourth-order valence-electron chi connectivity index (χ4n) is 2.87. The highest BCUT2D eigenvalue weighted by molar-refractivity contribution is 6.05. The molecule has 0 fully saturated rings. The van der Waals surface area contributed by atoms with Gasteiger partial charge in [0.2, 0.25) is 0 Å². The Morgan fingerprint density at radius 3 is 2.46 bits per heavy atom. The van der Waals surface area contributed by atoms with Gasteiger partial charge in [-0.1, -0.05) is 54.1 Å². The zero-order chi connectivity index (χ0) is 18.7. The molecule has 0 radical (unpaired) electrons. The monoisotopic (exact) mass is 347 g/mol. The summed E-state index contributed by atoms with van der Waals surface area (Å²) in [5, 5.41) is 4.58. The molecule has 0 aromatic heterocycles. The van der Waals surface area contributed by atoms with Gasteiger partial charge in [0, 0.05) is 5.69 Å². The van der Waals surface area contributed by atoms with E-state index in [1.807, 2.05) is 62.4 Å². The van der Waals surface area contributed by atoms with Gasteiger partial charge in [0.05, 0.1) is 5.56 Å². The van der Waals surface area contributed by atoms with Gasteiger partial charge in [-0.3, -0.25) is 4.79 Å². The maximum absolute atomic E-state index is 12.5. The van der Waals surface area contributed by atoms with Crippen LogP contribution in [0.1, 0.15) is 28.4 Å². The minimum Gasteiger partial charge on any atom is -0.449 e. The highest BCUT2D eigenvalue weighted by atomic mass is 16.5. The molecule has 4 heteroatoms. The topological polar surface area (TPSA) is 55.4 Å². The summed E-state index contributed by atoms with van der Waals surface area (Å²) < 4.78 is 5.39. The van der Waals surface area contributed by atoms with Crippen LogP contribution in [0.5, 0.6) is 0 Å². The highest BCUT2D eigenvalue weighted by Crippen LogP contribution is 2.20. The summed E-state index contributed by atoms with van der Waals surface area (Å²) >= 11 is 0. The molecule has 4 nitrogen and oxygen atoms in total. The van der Waals surface area contributed by atoms with Crippen LogP contribution in [0.15, 0.2) is 60.7 Å². The largest absolute Gasteiger partial charge is 0.449 e. The summed E-state index contributed by atoms with van der Waals surface area (Å²) in [5.41, 5.74) is 3.25. The van der Waals surface area contributed by atoms with Crippen LogP contribution in [0.2, 0.25) is 0 Å². The molecule has 3 aromatic rings. The van der Waals surface area contributed by atoms with Crippen molar-refractivity contribution in [2.45, 2.75) is 26.9 Å². The first-order valence-corrected chi connectivity index (χ1v) is 8.52. The molecule has 0 heterocycles. The van der Waals surface area contributed by atoms with Crippen LogP contribution in [0, 0.1) is 13.8 Å². The predicted molar refractivity (Wildman–Crippen MR) is 103 cm³/mol. The zero-order valence-electron chi connectivity index (χ0n) is 15.1. The Morgan fingerprint density at radius 1 is 0.962 bits per heavy atom. The lowest BCUT2D eigenvalue weighted by atomic mass is 10.0. The van der Waals surface area contributed by atoms with E-state index in [1.165, 1.54) is 0 Å². The lowest BCUT2D eigenvalue weighted by Crippen LogP contribution is -2.30. The molecule has 1 N–H and O–H groups in total. The molecule has 1 amide bonds. The number of carbonyl (C=O) groups excluding carboxylic acids is 2. The van der Waals surface area contributed by atoms with Crippen LogP contribution in [0.4, 0.5) is 5.69 Å². The molecule has 0 spiro atoms. The zero-order valence-corrected chi connectivity index (χ0v) is 15.1. The van der Waals surface area contributed by atoms with Gasteiger partial charge in [-0.25, -0.2) is 4.79 Å². The number of nitrogens with one attached hydrogen (secondary N) is 1. The number of rotatable bonds is 4. The van der Waals surface area contributed by atoms with Crippen molar-refractivity contribution in [2.75, 3.05) is 5.32 Å². The van der Waals surface area contributed by atoms with Gasteiger partial charge < -0.3 is 10.1 Å². The van der Waals surface area contributed by atoms with E-state index in [2.05, 4.69) is 5.32 Å². The standard InChI is InChI=1S/C22H21NO3/c1-14-11-12-20(15(2)13-14)23-21(24)16(3)26-22(25)19-10-6-8-17-7-4-5-9-18(17)19/h4-13,16H,1-3H3,(H,23,24)/t16-/m1/s1. The minimum atomic E-state index is -0.901. The lowest BCUT2D eigenvalue weighted by Gasteiger charge is -2.15. The van der Waals surface area contributed by atoms with E-state index in [0.717, 1.165) is 21.9 Å². The summed E-state index contributed by atoms with van der Waals surface area (Å²) in [5.74, 6) is -0.865. The van der Waals surface area contributed by atoms with Gasteiger partial charge in [0.25, 0.3) is 5.91 Å². The quantitative estimate of drug-likeness (QED) is 0.700. The van der Waals surface area contributed by atoms with Crippen LogP contribution < -0.4 is 5.32 Å². The third kappa shape index (κ3) is 3.75. The number of amides is 1. The van der Waals surface area contributed by atoms with Crippen LogP contribution >= 0.6 is 0 Å². The van der Waals surface area contributed by atoms with E-state index in [9.17, 15) is 9.59 Å². The van der Waals surface area contributed by atoms with E-state index in [4.69, 9.17) is 4.74 Å². The van der Waals surface area contributed by atoms with Crippen LogP contribution in [0.3, 0.4) is 0 Å². The maximum Gasteiger partial charge on any atom is 0.339 e. The van der Waals surface area contributed by atoms with E-state index in [1.54, 1.807) is 19.1 Å². The Hall–Kier alpha value is -3.14. The third-order valence-corrected chi connectivity index (χ3v) is 4.30. The molecule has 0 unspecified atom stereocenters. The second-order valence-electron chi connectivity index (χ2n) is 6.38. The van der Waals surface area contributed by atoms with Gasteiger partial charge in [-0.2, -0.15) is 0 Å². The molecule has 132 valence electrons. The van der Waals surface area contributed by atoms with Crippen molar-refractivity contribution < 1.29 is 14.3 Å². The van der Waals surface area contributed by atoms with Gasteiger partial charge in [0.1, 0.15) is 0 Å². The van der Waals surface area contributed by atoms with Crippen LogP contribution in [-0.4, -0.2) is 18.0 Å². The number of fused-ring (bicyclic) bond motifs is 1. The van der Waals surface area contributed by atoms with Gasteiger partial charge in [-0.15, -0.1) is 0 Å².